The summed E-state index contributed by atoms with van der Waals surface area (Å²) in [4.78, 5) is 81.5. The molecule has 12 aromatic rings. The van der Waals surface area contributed by atoms with Gasteiger partial charge in [-0.1, -0.05) is 0 Å². The number of carbonyl (C=O) groups is 1. The predicted molar refractivity (Wildman–Crippen MR) is 505 cm³/mol. The Morgan fingerprint density at radius 3 is 1.00 bits per heavy atom. The summed E-state index contributed by atoms with van der Waals surface area (Å²) in [5.74, 6) is 5.23. The van der Waals surface area contributed by atoms with Crippen LogP contribution in [0.5, 0.6) is 23.0 Å². The molecule has 130 heavy (non-hydrogen) atoms. The molecule has 1 amide bonds. The van der Waals surface area contributed by atoms with E-state index in [1.165, 1.54) is 11.8 Å². The van der Waals surface area contributed by atoms with Crippen LogP contribution in [0.15, 0.2) is 153 Å². The largest absolute Gasteiger partial charge is 0.488 e. The van der Waals surface area contributed by atoms with Crippen LogP contribution in [0.3, 0.4) is 0 Å². The summed E-state index contributed by atoms with van der Waals surface area (Å²) in [6, 6.07) is 26.0. The normalized spacial score (nSPS) is 22.0. The molecule has 0 atom stereocenters. The Morgan fingerprint density at radius 1 is 0.346 bits per heavy atom. The first kappa shape index (κ1) is 88.6. The number of hydrogen-bond acceptors (Lipinski definition) is 33. The second-order valence-corrected chi connectivity index (χ2v) is 35.3. The summed E-state index contributed by atoms with van der Waals surface area (Å²) in [5.41, 5.74) is 20.3. The number of primary amides is 1. The lowest BCUT2D eigenvalue weighted by Gasteiger charge is -2.31. The van der Waals surface area contributed by atoms with Crippen molar-refractivity contribution in [1.82, 2.24) is 64.8 Å². The Labute approximate surface area is 761 Å². The van der Waals surface area contributed by atoms with Crippen molar-refractivity contribution < 1.29 is 47.4 Å². The Kier molecular flexibility index (Phi) is 29.7. The van der Waals surface area contributed by atoms with Crippen molar-refractivity contribution in [2.24, 2.45) is 5.73 Å². The minimum atomic E-state index is -0.471. The Balaban J connectivity index is 0.000000117. The van der Waals surface area contributed by atoms with Crippen molar-refractivity contribution >= 4 is 113 Å². The minimum absolute atomic E-state index is 0.124. The first-order valence-electron chi connectivity index (χ1n) is 46.2. The number of anilines is 9. The van der Waals surface area contributed by atoms with E-state index in [4.69, 9.17) is 48.4 Å². The lowest BCUT2D eigenvalue weighted by Crippen LogP contribution is -2.36. The van der Waals surface area contributed by atoms with E-state index >= 15 is 0 Å². The zero-order chi connectivity index (χ0) is 88.2. The smallest absolute Gasteiger partial charge is 0.250 e. The van der Waals surface area contributed by atoms with Gasteiger partial charge >= 0.3 is 0 Å². The third kappa shape index (κ3) is 23.6. The molecule has 682 valence electrons. The van der Waals surface area contributed by atoms with Gasteiger partial charge in [0.2, 0.25) is 11.9 Å². The molecule has 0 bridgehead atoms. The van der Waals surface area contributed by atoms with Gasteiger partial charge in [0.05, 0.1) is 142 Å². The van der Waals surface area contributed by atoms with E-state index < -0.39 is 5.91 Å². The van der Waals surface area contributed by atoms with E-state index in [1.54, 1.807) is 73.0 Å². The summed E-state index contributed by atoms with van der Waals surface area (Å²) in [6.45, 7) is 20.4. The van der Waals surface area contributed by atoms with Crippen molar-refractivity contribution in [3.05, 3.63) is 169 Å². The van der Waals surface area contributed by atoms with E-state index in [0.717, 1.165) is 352 Å². The molecule has 4 aromatic carbocycles. The third-order valence-electron chi connectivity index (χ3n) is 25.4. The first-order valence-corrected chi connectivity index (χ1v) is 47.1. The lowest BCUT2D eigenvalue weighted by atomic mass is 9.93. The Morgan fingerprint density at radius 2 is 0.677 bits per heavy atom. The van der Waals surface area contributed by atoms with Crippen molar-refractivity contribution in [2.45, 2.75) is 165 Å². The number of hydrogen-bond donors (Lipinski definition) is 5. The fourth-order valence-electron chi connectivity index (χ4n) is 18.3. The molecule has 0 radical (unpaired) electrons. The number of thiazole rings is 1. The number of morpholine rings is 5. The van der Waals surface area contributed by atoms with Gasteiger partial charge < -0.3 is 94.1 Å². The topological polar surface area (TPSA) is 358 Å². The molecule has 21 rings (SSSR count). The molecule has 34 heteroatoms. The molecule has 6 N–H and O–H groups in total. The summed E-state index contributed by atoms with van der Waals surface area (Å²) in [5, 5.41) is 17.2. The van der Waals surface area contributed by atoms with Crippen LogP contribution in [0, 0.1) is 13.8 Å². The van der Waals surface area contributed by atoms with Gasteiger partial charge in [-0.05, 0) is 171 Å². The number of amides is 1. The number of pyridine rings is 2. The SMILES string of the molecule is Cc1ccnc(NC2CCC(Oc3cc(N4CCOCC4)cc4nccnc34)CC2)c1.Cc1csc(NC2CCC(Oc3cc(N4CCOCC4)cc4nccnc34)CC2)n1.NC(=O)c1ccc(NC2CCC(Oc3cc(N4CCOCC4)cc4nccnc34)CC2)nc1.c1cnc2c(OC3CCC(Nc4ncc(N5CCOCC5)cn4)CC3)cc(N3CCOCC3)cc2n1. The molecular formula is C96H117N23O10S. The quantitative estimate of drug-likeness (QED) is 0.0421. The average molecular weight is 1790 g/mol. The summed E-state index contributed by atoms with van der Waals surface area (Å²) >= 11 is 1.68. The molecule has 4 aliphatic carbocycles. The molecule has 9 aliphatic rings. The molecular weight excluding hydrogens is 1670 g/mol. The van der Waals surface area contributed by atoms with Crippen molar-refractivity contribution in [1.29, 1.82) is 0 Å². The number of fused-ring (bicyclic) bond motifs is 4. The molecule has 5 saturated heterocycles. The maximum absolute atomic E-state index is 11.2. The number of benzene rings is 4. The summed E-state index contributed by atoms with van der Waals surface area (Å²) in [6.07, 6.45) is 37.8. The number of rotatable bonds is 22. The standard InChI is InChI=1S/C26H33N7O3.C24H28N6O3.C24H29N5O2.C22H27N5O2S/c1-3-22(4-2-19(1)31-26-29-17-21(18-30-26)33-9-13-35-14-10-33)36-24-16-20(32-7-11-34-12-8-32)15-23-25(24)28-6-5-27-23;25-24(31)16-1-6-22(28-15-16)29-17-2-4-19(5-3-17)33-21-14-18(30-9-11-32-12-10-30)13-20-23(21)27-8-7-26-20;1-17-6-7-26-23(14-17)28-18-2-4-20(5-3-18)31-22-16-19(29-10-12-30-13-11-29)15-21-24(22)27-9-8-25-21;1-15-14-30-22(25-15)26-16-2-4-18(5-3-16)29-20-13-17(27-8-10-28-11-9-27)12-19-21(20)24-7-6-23-19/h5-6,15-19,22H,1-4,7-14H2,(H,29,30,31);1,6-8,13-15,17,19H,2-5,9-12H2,(H2,25,31)(H,28,29);6-9,14-16,18,20H,2-5,10-13H2,1H3,(H,26,28);6-7,12-14,16,18H,2-5,8-11H2,1H3,(H,25,26). The van der Waals surface area contributed by atoms with Gasteiger partial charge in [-0.15, -0.1) is 11.3 Å². The van der Waals surface area contributed by atoms with Gasteiger partial charge in [0, 0.05) is 204 Å². The maximum atomic E-state index is 11.2. The zero-order valence-electron chi connectivity index (χ0n) is 74.1. The van der Waals surface area contributed by atoms with Crippen molar-refractivity contribution in [3.8, 4) is 23.0 Å². The molecule has 0 spiro atoms. The second kappa shape index (κ2) is 43.6. The fraction of sp³-hybridized carbons (Fsp3) is 0.479. The van der Waals surface area contributed by atoms with Crippen LogP contribution in [0.25, 0.3) is 44.1 Å². The summed E-state index contributed by atoms with van der Waals surface area (Å²) in [7, 11) is 0. The number of ether oxygens (including phenoxy) is 9. The predicted octanol–water partition coefficient (Wildman–Crippen LogP) is 13.7. The molecule has 0 unspecified atom stereocenters. The highest BCUT2D eigenvalue weighted by atomic mass is 32.1. The van der Waals surface area contributed by atoms with Crippen LogP contribution in [0.1, 0.15) is 124 Å². The number of aromatic nitrogens is 13. The highest BCUT2D eigenvalue weighted by molar-refractivity contribution is 7.13. The van der Waals surface area contributed by atoms with Gasteiger partial charge in [0.1, 0.15) is 56.7 Å². The van der Waals surface area contributed by atoms with Crippen molar-refractivity contribution in [3.63, 3.8) is 0 Å². The number of nitrogens with zero attached hydrogens (tertiary/aromatic N) is 18. The Hall–Kier alpha value is -12.1. The first-order chi connectivity index (χ1) is 64.0. The minimum Gasteiger partial charge on any atom is -0.488 e. The lowest BCUT2D eigenvalue weighted by molar-refractivity contribution is 0.0999. The van der Waals surface area contributed by atoms with Gasteiger partial charge in [0.15, 0.2) is 5.13 Å². The number of carbonyl (C=O) groups excluding carboxylic acids is 1. The van der Waals surface area contributed by atoms with Crippen LogP contribution >= 0.6 is 11.3 Å². The van der Waals surface area contributed by atoms with Crippen LogP contribution < -0.4 is 70.4 Å². The third-order valence-corrected chi connectivity index (χ3v) is 26.3. The van der Waals surface area contributed by atoms with E-state index in [2.05, 4.69) is 177 Å². The molecule has 4 saturated carbocycles. The van der Waals surface area contributed by atoms with Crippen LogP contribution in [-0.2, 0) is 23.7 Å². The highest BCUT2D eigenvalue weighted by Crippen LogP contribution is 2.40. The van der Waals surface area contributed by atoms with E-state index in [0.29, 0.717) is 35.7 Å². The Bertz CT molecular complexity index is 5660. The number of nitrogens with two attached hydrogens (primary N) is 1. The molecule has 9 fully saturated rings. The second-order valence-electron chi connectivity index (χ2n) is 34.5. The number of nitrogens with one attached hydrogen (secondary N) is 4. The van der Waals surface area contributed by atoms with E-state index in [9.17, 15) is 4.79 Å². The summed E-state index contributed by atoms with van der Waals surface area (Å²) < 4.78 is 53.5. The zero-order valence-corrected chi connectivity index (χ0v) is 74.9. The molecule has 33 nitrogen and oxygen atoms in total. The average Bonchev–Trinajstić information content (AvgIpc) is 0.873. The molecule has 5 aliphatic heterocycles. The van der Waals surface area contributed by atoms with Gasteiger partial charge in [-0.2, -0.15) is 0 Å². The number of aryl methyl sites for hydroxylation is 2. The van der Waals surface area contributed by atoms with Gasteiger partial charge in [0.25, 0.3) is 0 Å². The highest BCUT2D eigenvalue weighted by Gasteiger charge is 2.31. The van der Waals surface area contributed by atoms with Crippen LogP contribution in [0.4, 0.5) is 51.2 Å². The molecule has 13 heterocycles. The van der Waals surface area contributed by atoms with Crippen LogP contribution in [0.2, 0.25) is 0 Å². The molecule has 8 aromatic heterocycles. The van der Waals surface area contributed by atoms with E-state index in [1.807, 2.05) is 31.6 Å². The van der Waals surface area contributed by atoms with Gasteiger partial charge in [-0.25, -0.2) is 44.9 Å². The fourth-order valence-corrected chi connectivity index (χ4v) is 19.1. The van der Waals surface area contributed by atoms with Gasteiger partial charge in [-0.3, -0.25) is 24.7 Å². The van der Waals surface area contributed by atoms with Crippen molar-refractivity contribution in [2.75, 3.05) is 177 Å². The maximum Gasteiger partial charge on any atom is 0.250 e. The van der Waals surface area contributed by atoms with E-state index in [-0.39, 0.29) is 24.4 Å². The van der Waals surface area contributed by atoms with Crippen LogP contribution in [-0.4, -0.2) is 251 Å². The monoisotopic (exact) mass is 1780 g/mol.